The molecule has 0 unspecified atom stereocenters. The lowest BCUT2D eigenvalue weighted by atomic mass is 9.73. The smallest absolute Gasteiger partial charge is 0.290 e. The van der Waals surface area contributed by atoms with E-state index >= 15 is 0 Å². The van der Waals surface area contributed by atoms with Crippen LogP contribution in [0.15, 0.2) is 55.0 Å². The van der Waals surface area contributed by atoms with Gasteiger partial charge in [0, 0.05) is 35.9 Å². The summed E-state index contributed by atoms with van der Waals surface area (Å²) < 4.78 is 3.87. The molecule has 11 nitrogen and oxygen atoms in total. The standard InChI is InChI=1S/C26H31ClN8O.CH2O2/c27-20-5-3-19(4-6-20)26(18-36)9-14-33(15-10-26)23-2-1-13-34-24(23)31-25(32-34)30-21-16-29-35(17-21)22-7-11-28-12-8-22;2-1-3/h1-6,13,16-17,22,28,36H,7-12,14-15,18H2,(H,30,32);1H,(H,2,3). The quantitative estimate of drug-likeness (QED) is 0.265. The lowest BCUT2D eigenvalue weighted by molar-refractivity contribution is -0.122. The molecule has 2 saturated heterocycles. The van der Waals surface area contributed by atoms with Gasteiger partial charge in [0.2, 0.25) is 5.95 Å². The van der Waals surface area contributed by atoms with E-state index in [0.717, 1.165) is 74.4 Å². The van der Waals surface area contributed by atoms with E-state index in [4.69, 9.17) is 26.5 Å². The first-order valence-corrected chi connectivity index (χ1v) is 13.5. The zero-order chi connectivity index (χ0) is 27.2. The third-order valence-electron chi connectivity index (χ3n) is 7.70. The Hall–Kier alpha value is -3.67. The van der Waals surface area contributed by atoms with Crippen LogP contribution in [-0.2, 0) is 10.2 Å². The lowest BCUT2D eigenvalue weighted by Gasteiger charge is -2.42. The van der Waals surface area contributed by atoms with Crippen molar-refractivity contribution in [3.63, 3.8) is 0 Å². The average molecular weight is 553 g/mol. The monoisotopic (exact) mass is 552 g/mol. The summed E-state index contributed by atoms with van der Waals surface area (Å²) in [4.78, 5) is 15.5. The topological polar surface area (TPSA) is 133 Å². The Kier molecular flexibility index (Phi) is 8.30. The number of piperidine rings is 2. The Balaban J connectivity index is 0.000000983. The molecule has 5 heterocycles. The summed E-state index contributed by atoms with van der Waals surface area (Å²) in [5.41, 5.74) is 3.65. The molecular formula is C27H33ClN8O3. The van der Waals surface area contributed by atoms with E-state index in [1.807, 2.05) is 58.1 Å². The van der Waals surface area contributed by atoms with Gasteiger partial charge >= 0.3 is 0 Å². The van der Waals surface area contributed by atoms with Gasteiger partial charge in [-0.05, 0) is 68.6 Å². The maximum absolute atomic E-state index is 10.3. The molecule has 0 amide bonds. The van der Waals surface area contributed by atoms with E-state index in [1.165, 1.54) is 0 Å². The zero-order valence-electron chi connectivity index (χ0n) is 21.6. The molecule has 0 aliphatic carbocycles. The van der Waals surface area contributed by atoms with Crippen molar-refractivity contribution in [1.82, 2.24) is 29.7 Å². The Morgan fingerprint density at radius 3 is 2.56 bits per heavy atom. The van der Waals surface area contributed by atoms with Gasteiger partial charge in [0.1, 0.15) is 0 Å². The molecule has 1 aromatic carbocycles. The minimum atomic E-state index is -0.250. The number of carboxylic acid groups (broad SMARTS) is 1. The number of aliphatic hydroxyl groups excluding tert-OH is 1. The highest BCUT2D eigenvalue weighted by Gasteiger charge is 2.36. The highest BCUT2D eigenvalue weighted by Crippen LogP contribution is 2.38. The molecule has 0 atom stereocenters. The van der Waals surface area contributed by atoms with Gasteiger partial charge in [0.05, 0.1) is 30.2 Å². The molecule has 39 heavy (non-hydrogen) atoms. The summed E-state index contributed by atoms with van der Waals surface area (Å²) in [5.74, 6) is 0.551. The first-order chi connectivity index (χ1) is 19.0. The Morgan fingerprint density at radius 2 is 1.87 bits per heavy atom. The van der Waals surface area contributed by atoms with Crippen molar-refractivity contribution >= 4 is 41.0 Å². The fourth-order valence-electron chi connectivity index (χ4n) is 5.51. The first kappa shape index (κ1) is 26.9. The molecule has 0 spiro atoms. The second-order valence-electron chi connectivity index (χ2n) is 9.95. The minimum absolute atomic E-state index is 0.122. The number of halogens is 1. The molecule has 4 N–H and O–H groups in total. The largest absolute Gasteiger partial charge is 0.483 e. The highest BCUT2D eigenvalue weighted by atomic mass is 35.5. The number of nitrogens with zero attached hydrogens (tertiary/aromatic N) is 6. The predicted octanol–water partition coefficient (Wildman–Crippen LogP) is 3.48. The van der Waals surface area contributed by atoms with Crippen LogP contribution in [0.4, 0.5) is 17.3 Å². The first-order valence-electron chi connectivity index (χ1n) is 13.1. The number of rotatable bonds is 6. The van der Waals surface area contributed by atoms with Crippen molar-refractivity contribution in [2.75, 3.05) is 43.0 Å². The van der Waals surface area contributed by atoms with E-state index in [9.17, 15) is 5.11 Å². The Labute approximate surface area is 231 Å². The third kappa shape index (κ3) is 5.85. The van der Waals surface area contributed by atoms with Crippen LogP contribution in [0.5, 0.6) is 0 Å². The number of pyridine rings is 1. The van der Waals surface area contributed by atoms with E-state index in [0.29, 0.717) is 17.0 Å². The van der Waals surface area contributed by atoms with E-state index in [1.54, 1.807) is 0 Å². The number of carbonyl (C=O) groups is 1. The van der Waals surface area contributed by atoms with Gasteiger partial charge < -0.3 is 25.7 Å². The molecule has 3 aromatic heterocycles. The van der Waals surface area contributed by atoms with Crippen LogP contribution in [-0.4, -0.2) is 73.8 Å². The number of fused-ring (bicyclic) bond motifs is 1. The zero-order valence-corrected chi connectivity index (χ0v) is 22.3. The number of hydrogen-bond acceptors (Lipinski definition) is 8. The summed E-state index contributed by atoms with van der Waals surface area (Å²) >= 11 is 6.09. The number of hydrogen-bond donors (Lipinski definition) is 4. The van der Waals surface area contributed by atoms with Crippen LogP contribution in [0.3, 0.4) is 0 Å². The normalized spacial score (nSPS) is 17.4. The predicted molar refractivity (Wildman–Crippen MR) is 150 cm³/mol. The minimum Gasteiger partial charge on any atom is -0.483 e. The second-order valence-corrected chi connectivity index (χ2v) is 10.4. The van der Waals surface area contributed by atoms with Crippen molar-refractivity contribution in [3.05, 3.63) is 65.6 Å². The van der Waals surface area contributed by atoms with Crippen LogP contribution in [0.25, 0.3) is 5.65 Å². The van der Waals surface area contributed by atoms with Crippen LogP contribution in [0.2, 0.25) is 5.02 Å². The van der Waals surface area contributed by atoms with Crippen LogP contribution >= 0.6 is 11.6 Å². The van der Waals surface area contributed by atoms with Gasteiger partial charge in [-0.3, -0.25) is 9.48 Å². The van der Waals surface area contributed by atoms with Gasteiger partial charge in [-0.2, -0.15) is 10.1 Å². The molecule has 6 rings (SSSR count). The van der Waals surface area contributed by atoms with E-state index in [2.05, 4.69) is 31.8 Å². The molecule has 0 saturated carbocycles. The SMILES string of the molecule is O=CO.OCC1(c2ccc(Cl)cc2)CCN(c2cccn3nc(Nc4cnn(C5CCNCC5)c4)nc23)CC1. The molecule has 4 aromatic rings. The van der Waals surface area contributed by atoms with Crippen LogP contribution in [0.1, 0.15) is 37.3 Å². The number of anilines is 3. The molecule has 2 aliphatic heterocycles. The van der Waals surface area contributed by atoms with Crippen LogP contribution < -0.4 is 15.5 Å². The average Bonchev–Trinajstić information content (AvgIpc) is 3.61. The molecule has 206 valence electrons. The van der Waals surface area contributed by atoms with Gasteiger partial charge in [-0.25, -0.2) is 4.52 Å². The summed E-state index contributed by atoms with van der Waals surface area (Å²) in [6.07, 6.45) is 9.67. The van der Waals surface area contributed by atoms with E-state index in [-0.39, 0.29) is 18.5 Å². The maximum Gasteiger partial charge on any atom is 0.290 e. The molecule has 0 radical (unpaired) electrons. The van der Waals surface area contributed by atoms with E-state index < -0.39 is 0 Å². The Morgan fingerprint density at radius 1 is 1.15 bits per heavy atom. The lowest BCUT2D eigenvalue weighted by Crippen LogP contribution is -2.45. The molecule has 2 aliphatic rings. The number of benzene rings is 1. The van der Waals surface area contributed by atoms with Crippen molar-refractivity contribution < 1.29 is 15.0 Å². The highest BCUT2D eigenvalue weighted by molar-refractivity contribution is 6.30. The fraction of sp³-hybridized carbons (Fsp3) is 0.407. The van der Waals surface area contributed by atoms with Gasteiger partial charge in [0.25, 0.3) is 6.47 Å². The third-order valence-corrected chi connectivity index (χ3v) is 7.95. The maximum atomic E-state index is 10.3. The van der Waals surface area contributed by atoms with Crippen LogP contribution in [0, 0.1) is 0 Å². The number of nitrogens with one attached hydrogen (secondary N) is 2. The van der Waals surface area contributed by atoms with Crippen molar-refractivity contribution in [2.24, 2.45) is 0 Å². The van der Waals surface area contributed by atoms with Crippen molar-refractivity contribution in [3.8, 4) is 0 Å². The van der Waals surface area contributed by atoms with Crippen molar-refractivity contribution in [1.29, 1.82) is 0 Å². The van der Waals surface area contributed by atoms with Gasteiger partial charge in [0.15, 0.2) is 5.65 Å². The number of aliphatic hydroxyl groups is 1. The molecular weight excluding hydrogens is 520 g/mol. The Bertz CT molecular complexity index is 1380. The fourth-order valence-corrected chi connectivity index (χ4v) is 5.64. The summed E-state index contributed by atoms with van der Waals surface area (Å²) in [5, 5.41) is 33.9. The molecule has 12 heteroatoms. The van der Waals surface area contributed by atoms with Gasteiger partial charge in [-0.15, -0.1) is 5.10 Å². The summed E-state index contributed by atoms with van der Waals surface area (Å²) in [6, 6.07) is 12.4. The number of aromatic nitrogens is 5. The van der Waals surface area contributed by atoms with Gasteiger partial charge in [-0.1, -0.05) is 23.7 Å². The summed E-state index contributed by atoms with van der Waals surface area (Å²) in [7, 11) is 0. The summed E-state index contributed by atoms with van der Waals surface area (Å²) in [6.45, 7) is 3.57. The molecule has 0 bridgehead atoms. The van der Waals surface area contributed by atoms with Crippen molar-refractivity contribution in [2.45, 2.75) is 37.1 Å². The second kappa shape index (κ2) is 12.0. The molecule has 2 fully saturated rings.